The van der Waals surface area contributed by atoms with Crippen LogP contribution in [0.5, 0.6) is 0 Å². The lowest BCUT2D eigenvalue weighted by atomic mass is 9.96. The zero-order chi connectivity index (χ0) is 11.4. The Hall–Kier alpha value is -0.770. The maximum absolute atomic E-state index is 12.0. The molecule has 2 aliphatic rings. The van der Waals surface area contributed by atoms with Crippen molar-refractivity contribution in [1.29, 1.82) is 0 Å². The van der Waals surface area contributed by atoms with E-state index in [1.807, 2.05) is 4.90 Å². The van der Waals surface area contributed by atoms with Gasteiger partial charge in [0.25, 0.3) is 0 Å². The third-order valence-corrected chi connectivity index (χ3v) is 3.84. The van der Waals surface area contributed by atoms with Gasteiger partial charge in [0.1, 0.15) is 0 Å². The van der Waals surface area contributed by atoms with Crippen molar-refractivity contribution in [2.45, 2.75) is 38.1 Å². The summed E-state index contributed by atoms with van der Waals surface area (Å²) in [4.78, 5) is 15.5. The van der Waals surface area contributed by atoms with Crippen LogP contribution in [-0.4, -0.2) is 50.2 Å². The number of hydrogen-bond acceptors (Lipinski definition) is 1. The number of nitrogens with one attached hydrogen (secondary N) is 2. The molecule has 92 valence electrons. The number of quaternary nitrogens is 1. The van der Waals surface area contributed by atoms with Gasteiger partial charge >= 0.3 is 6.03 Å². The first-order valence-corrected chi connectivity index (χ1v) is 6.62. The molecule has 0 aromatic heterocycles. The highest BCUT2D eigenvalue weighted by molar-refractivity contribution is 5.74. The topological polar surface area (TPSA) is 36.8 Å². The molecule has 1 aliphatic carbocycles. The van der Waals surface area contributed by atoms with Gasteiger partial charge in [-0.05, 0) is 12.8 Å². The molecule has 4 heteroatoms. The zero-order valence-corrected chi connectivity index (χ0v) is 10.3. The van der Waals surface area contributed by atoms with Crippen LogP contribution in [0.1, 0.15) is 32.1 Å². The molecule has 0 unspecified atom stereocenters. The Morgan fingerprint density at radius 3 is 2.44 bits per heavy atom. The second kappa shape index (κ2) is 5.53. The van der Waals surface area contributed by atoms with Gasteiger partial charge in [-0.2, -0.15) is 0 Å². The molecule has 1 saturated heterocycles. The molecule has 2 rings (SSSR count). The van der Waals surface area contributed by atoms with Crippen LogP contribution in [0.15, 0.2) is 0 Å². The SMILES string of the molecule is C[NH+]1CCN(C(=O)NC2CCCCC2)CC1. The minimum atomic E-state index is 0.166. The van der Waals surface area contributed by atoms with E-state index < -0.39 is 0 Å². The first-order chi connectivity index (χ1) is 7.75. The number of rotatable bonds is 1. The third kappa shape index (κ3) is 3.11. The fraction of sp³-hybridized carbons (Fsp3) is 0.917. The van der Waals surface area contributed by atoms with Crippen LogP contribution < -0.4 is 10.2 Å². The molecule has 4 nitrogen and oxygen atoms in total. The highest BCUT2D eigenvalue weighted by Crippen LogP contribution is 2.17. The lowest BCUT2D eigenvalue weighted by Gasteiger charge is -2.32. The van der Waals surface area contributed by atoms with Crippen LogP contribution in [-0.2, 0) is 0 Å². The van der Waals surface area contributed by atoms with Crippen LogP contribution in [0.3, 0.4) is 0 Å². The lowest BCUT2D eigenvalue weighted by molar-refractivity contribution is -0.883. The van der Waals surface area contributed by atoms with Gasteiger partial charge in [-0.1, -0.05) is 19.3 Å². The van der Waals surface area contributed by atoms with E-state index in [0.29, 0.717) is 6.04 Å². The minimum absolute atomic E-state index is 0.166. The Morgan fingerprint density at radius 2 is 1.81 bits per heavy atom. The van der Waals surface area contributed by atoms with Gasteiger partial charge in [-0.3, -0.25) is 0 Å². The molecule has 0 bridgehead atoms. The lowest BCUT2D eigenvalue weighted by Crippen LogP contribution is -3.12. The average molecular weight is 226 g/mol. The van der Waals surface area contributed by atoms with Gasteiger partial charge in [0, 0.05) is 6.04 Å². The number of nitrogens with zero attached hydrogens (tertiary/aromatic N) is 1. The second-order valence-corrected chi connectivity index (χ2v) is 5.23. The maximum Gasteiger partial charge on any atom is 0.318 e. The summed E-state index contributed by atoms with van der Waals surface area (Å²) in [7, 11) is 2.19. The van der Waals surface area contributed by atoms with Gasteiger partial charge in [0.2, 0.25) is 0 Å². The summed E-state index contributed by atoms with van der Waals surface area (Å²) >= 11 is 0. The van der Waals surface area contributed by atoms with Crippen LogP contribution in [0.25, 0.3) is 0 Å². The van der Waals surface area contributed by atoms with Crippen LogP contribution in [0.2, 0.25) is 0 Å². The van der Waals surface area contributed by atoms with E-state index in [1.165, 1.54) is 37.0 Å². The summed E-state index contributed by atoms with van der Waals surface area (Å²) < 4.78 is 0. The molecular weight excluding hydrogens is 202 g/mol. The van der Waals surface area contributed by atoms with E-state index in [1.54, 1.807) is 0 Å². The van der Waals surface area contributed by atoms with Crippen LogP contribution >= 0.6 is 0 Å². The van der Waals surface area contributed by atoms with Gasteiger partial charge in [0.15, 0.2) is 0 Å². The molecule has 2 N–H and O–H groups in total. The first kappa shape index (κ1) is 11.7. The fourth-order valence-electron chi connectivity index (χ4n) is 2.60. The highest BCUT2D eigenvalue weighted by atomic mass is 16.2. The van der Waals surface area contributed by atoms with Gasteiger partial charge in [-0.15, -0.1) is 0 Å². The molecule has 16 heavy (non-hydrogen) atoms. The minimum Gasteiger partial charge on any atom is -0.335 e. The summed E-state index contributed by atoms with van der Waals surface area (Å²) in [6, 6.07) is 0.604. The number of hydrogen-bond donors (Lipinski definition) is 2. The molecule has 2 amide bonds. The largest absolute Gasteiger partial charge is 0.335 e. The smallest absolute Gasteiger partial charge is 0.318 e. The van der Waals surface area contributed by atoms with Crippen LogP contribution in [0.4, 0.5) is 4.79 Å². The van der Waals surface area contributed by atoms with Crippen LogP contribution in [0, 0.1) is 0 Å². The van der Waals surface area contributed by atoms with Crippen molar-refractivity contribution < 1.29 is 9.69 Å². The second-order valence-electron chi connectivity index (χ2n) is 5.23. The summed E-state index contributed by atoms with van der Waals surface area (Å²) in [6.45, 7) is 3.98. The van der Waals surface area contributed by atoms with E-state index in [-0.39, 0.29) is 6.03 Å². The van der Waals surface area contributed by atoms with Crippen molar-refractivity contribution in [2.75, 3.05) is 33.2 Å². The number of piperazine rings is 1. The number of carbonyl (C=O) groups is 1. The van der Waals surface area contributed by atoms with Crippen molar-refractivity contribution >= 4 is 6.03 Å². The van der Waals surface area contributed by atoms with E-state index in [2.05, 4.69) is 12.4 Å². The average Bonchev–Trinajstić information content (AvgIpc) is 2.31. The van der Waals surface area contributed by atoms with Crippen molar-refractivity contribution in [1.82, 2.24) is 10.2 Å². The van der Waals surface area contributed by atoms with Crippen molar-refractivity contribution in [3.63, 3.8) is 0 Å². The number of amides is 2. The quantitative estimate of drug-likeness (QED) is 0.641. The molecule has 2 fully saturated rings. The number of likely N-dealkylation sites (N-methyl/N-ethyl adjacent to an activating group) is 1. The molecule has 0 aromatic carbocycles. The zero-order valence-electron chi connectivity index (χ0n) is 10.3. The van der Waals surface area contributed by atoms with Crippen molar-refractivity contribution in [2.24, 2.45) is 0 Å². The van der Waals surface area contributed by atoms with Crippen molar-refractivity contribution in [3.05, 3.63) is 0 Å². The Morgan fingerprint density at radius 1 is 1.19 bits per heavy atom. The van der Waals surface area contributed by atoms with E-state index >= 15 is 0 Å². The summed E-state index contributed by atoms with van der Waals surface area (Å²) in [5, 5.41) is 3.18. The van der Waals surface area contributed by atoms with Gasteiger partial charge in [0.05, 0.1) is 33.2 Å². The normalized spacial score (nSPS) is 24.4. The van der Waals surface area contributed by atoms with E-state index in [4.69, 9.17) is 0 Å². The molecule has 0 radical (unpaired) electrons. The summed E-state index contributed by atoms with van der Waals surface area (Å²) in [5.41, 5.74) is 0. The molecule has 1 aliphatic heterocycles. The van der Waals surface area contributed by atoms with E-state index in [0.717, 1.165) is 26.2 Å². The molecule has 1 heterocycles. The maximum atomic E-state index is 12.0. The monoisotopic (exact) mass is 226 g/mol. The predicted octanol–water partition coefficient (Wildman–Crippen LogP) is -0.141. The fourth-order valence-corrected chi connectivity index (χ4v) is 2.60. The van der Waals surface area contributed by atoms with Crippen molar-refractivity contribution in [3.8, 4) is 0 Å². The van der Waals surface area contributed by atoms with Gasteiger partial charge < -0.3 is 15.1 Å². The molecule has 0 aromatic rings. The summed E-state index contributed by atoms with van der Waals surface area (Å²) in [5.74, 6) is 0. The first-order valence-electron chi connectivity index (χ1n) is 6.62. The molecular formula is C12H24N3O+. The molecule has 0 atom stereocenters. The Bertz CT molecular complexity index is 230. The number of carbonyl (C=O) groups excluding carboxylic acids is 1. The third-order valence-electron chi connectivity index (χ3n) is 3.84. The summed E-state index contributed by atoms with van der Waals surface area (Å²) in [6.07, 6.45) is 6.23. The Balaban J connectivity index is 1.74. The molecule has 0 spiro atoms. The standard InChI is InChI=1S/C12H23N3O/c1-14-7-9-15(10-8-14)12(16)13-11-5-3-2-4-6-11/h11H,2-10H2,1H3,(H,13,16)/p+1. The van der Waals surface area contributed by atoms with E-state index in [9.17, 15) is 4.79 Å². The Kier molecular flexibility index (Phi) is 4.04. The van der Waals surface area contributed by atoms with Gasteiger partial charge in [-0.25, -0.2) is 4.79 Å². The highest BCUT2D eigenvalue weighted by Gasteiger charge is 2.23. The molecule has 1 saturated carbocycles. The number of urea groups is 1. The Labute approximate surface area is 98.0 Å². The predicted molar refractivity (Wildman–Crippen MR) is 63.6 cm³/mol.